The molecule has 0 saturated heterocycles. The first-order valence-corrected chi connectivity index (χ1v) is 5.90. The molecular weight excluding hydrogens is 272 g/mol. The van der Waals surface area contributed by atoms with E-state index in [0.717, 1.165) is 0 Å². The van der Waals surface area contributed by atoms with Crippen molar-refractivity contribution in [3.05, 3.63) is 17.2 Å². The predicted octanol–water partition coefficient (Wildman–Crippen LogP) is 1.27. The van der Waals surface area contributed by atoms with E-state index in [1.807, 2.05) is 0 Å². The van der Waals surface area contributed by atoms with Crippen LogP contribution in [0.5, 0.6) is 11.5 Å². The Morgan fingerprint density at radius 2 is 1.95 bits per heavy atom. The molecule has 0 heterocycles. The van der Waals surface area contributed by atoms with Crippen molar-refractivity contribution in [1.82, 2.24) is 0 Å². The van der Waals surface area contributed by atoms with Crippen molar-refractivity contribution < 1.29 is 19.0 Å². The standard InChI is InChI=1S/C12H17ClN2O4/c1-17-9-5-10(18-2)8(4-7(9)13)15-12(16)11(6-14)19-3/h4-5,11H,6,14H2,1-3H3,(H,15,16). The van der Waals surface area contributed by atoms with Crippen LogP contribution in [0.2, 0.25) is 5.02 Å². The van der Waals surface area contributed by atoms with Crippen LogP contribution in [-0.2, 0) is 9.53 Å². The van der Waals surface area contributed by atoms with Gasteiger partial charge in [-0.05, 0) is 6.07 Å². The minimum absolute atomic E-state index is 0.0779. The first kappa shape index (κ1) is 15.6. The van der Waals surface area contributed by atoms with E-state index in [4.69, 9.17) is 31.5 Å². The molecule has 19 heavy (non-hydrogen) atoms. The number of anilines is 1. The van der Waals surface area contributed by atoms with Crippen LogP contribution in [0.3, 0.4) is 0 Å². The van der Waals surface area contributed by atoms with E-state index in [0.29, 0.717) is 22.2 Å². The van der Waals surface area contributed by atoms with Gasteiger partial charge in [-0.3, -0.25) is 4.79 Å². The van der Waals surface area contributed by atoms with Gasteiger partial charge in [0.05, 0.1) is 24.9 Å². The maximum atomic E-state index is 11.9. The van der Waals surface area contributed by atoms with Crippen molar-refractivity contribution >= 4 is 23.2 Å². The number of nitrogens with one attached hydrogen (secondary N) is 1. The molecule has 1 atom stereocenters. The van der Waals surface area contributed by atoms with Crippen LogP contribution in [0, 0.1) is 0 Å². The van der Waals surface area contributed by atoms with Gasteiger partial charge >= 0.3 is 0 Å². The Morgan fingerprint density at radius 3 is 2.42 bits per heavy atom. The number of carbonyl (C=O) groups excluding carboxylic acids is 1. The summed E-state index contributed by atoms with van der Waals surface area (Å²) in [6, 6.07) is 3.13. The van der Waals surface area contributed by atoms with Crippen molar-refractivity contribution in [2.75, 3.05) is 33.2 Å². The lowest BCUT2D eigenvalue weighted by Gasteiger charge is -2.16. The third-order valence-electron chi connectivity index (χ3n) is 2.52. The van der Waals surface area contributed by atoms with Crippen LogP contribution in [0.25, 0.3) is 0 Å². The van der Waals surface area contributed by atoms with Gasteiger partial charge in [0.1, 0.15) is 17.6 Å². The summed E-state index contributed by atoms with van der Waals surface area (Å²) >= 11 is 6.00. The van der Waals surface area contributed by atoms with Gasteiger partial charge in [0.15, 0.2) is 0 Å². The highest BCUT2D eigenvalue weighted by Crippen LogP contribution is 2.35. The van der Waals surface area contributed by atoms with Gasteiger partial charge in [-0.2, -0.15) is 0 Å². The molecule has 0 aliphatic carbocycles. The second kappa shape index (κ2) is 7.18. The van der Waals surface area contributed by atoms with Crippen molar-refractivity contribution in [1.29, 1.82) is 0 Å². The molecule has 1 aromatic carbocycles. The van der Waals surface area contributed by atoms with E-state index < -0.39 is 6.10 Å². The number of hydrogen-bond acceptors (Lipinski definition) is 5. The zero-order valence-electron chi connectivity index (χ0n) is 11.0. The molecule has 7 heteroatoms. The number of rotatable bonds is 6. The van der Waals surface area contributed by atoms with Crippen LogP contribution in [0.15, 0.2) is 12.1 Å². The maximum Gasteiger partial charge on any atom is 0.254 e. The SMILES string of the molecule is COc1cc(OC)c(NC(=O)C(CN)OC)cc1Cl. The van der Waals surface area contributed by atoms with Crippen molar-refractivity contribution in [3.63, 3.8) is 0 Å². The highest BCUT2D eigenvalue weighted by molar-refractivity contribution is 6.32. The molecule has 0 radical (unpaired) electrons. The Labute approximate surface area is 116 Å². The van der Waals surface area contributed by atoms with Gasteiger partial charge in [0.2, 0.25) is 0 Å². The molecule has 1 amide bonds. The molecule has 0 aromatic heterocycles. The molecule has 0 bridgehead atoms. The van der Waals surface area contributed by atoms with Crippen LogP contribution in [0.4, 0.5) is 5.69 Å². The van der Waals surface area contributed by atoms with E-state index in [2.05, 4.69) is 5.32 Å². The zero-order valence-corrected chi connectivity index (χ0v) is 11.8. The summed E-state index contributed by atoms with van der Waals surface area (Å²) < 4.78 is 15.2. The molecule has 1 aromatic rings. The first-order chi connectivity index (χ1) is 9.07. The van der Waals surface area contributed by atoms with Gasteiger partial charge in [0.25, 0.3) is 5.91 Å². The molecular formula is C12H17ClN2O4. The summed E-state index contributed by atoms with van der Waals surface area (Å²) in [5.41, 5.74) is 5.85. The number of halogens is 1. The third kappa shape index (κ3) is 3.73. The van der Waals surface area contributed by atoms with E-state index in [1.165, 1.54) is 21.3 Å². The van der Waals surface area contributed by atoms with E-state index >= 15 is 0 Å². The maximum absolute atomic E-state index is 11.9. The lowest BCUT2D eigenvalue weighted by molar-refractivity contribution is -0.125. The lowest BCUT2D eigenvalue weighted by atomic mass is 10.2. The van der Waals surface area contributed by atoms with Crippen LogP contribution >= 0.6 is 11.6 Å². The second-order valence-corrected chi connectivity index (χ2v) is 4.04. The largest absolute Gasteiger partial charge is 0.495 e. The Morgan fingerprint density at radius 1 is 1.32 bits per heavy atom. The van der Waals surface area contributed by atoms with Gasteiger partial charge in [-0.25, -0.2) is 0 Å². The summed E-state index contributed by atoms with van der Waals surface area (Å²) in [5.74, 6) is 0.518. The molecule has 6 nitrogen and oxygen atoms in total. The number of benzene rings is 1. The fourth-order valence-electron chi connectivity index (χ4n) is 1.48. The van der Waals surface area contributed by atoms with Crippen molar-refractivity contribution in [2.24, 2.45) is 5.73 Å². The van der Waals surface area contributed by atoms with Crippen molar-refractivity contribution in [2.45, 2.75) is 6.10 Å². The van der Waals surface area contributed by atoms with Crippen molar-refractivity contribution in [3.8, 4) is 11.5 Å². The van der Waals surface area contributed by atoms with Crippen LogP contribution < -0.4 is 20.5 Å². The fourth-order valence-corrected chi connectivity index (χ4v) is 1.72. The van der Waals surface area contributed by atoms with E-state index in [1.54, 1.807) is 12.1 Å². The summed E-state index contributed by atoms with van der Waals surface area (Å²) in [5, 5.41) is 3.01. The van der Waals surface area contributed by atoms with Gasteiger partial charge < -0.3 is 25.3 Å². The number of methoxy groups -OCH3 is 3. The number of nitrogens with two attached hydrogens (primary N) is 1. The van der Waals surface area contributed by atoms with Crippen LogP contribution in [0.1, 0.15) is 0 Å². The molecule has 0 aliphatic heterocycles. The molecule has 106 valence electrons. The Kier molecular flexibility index (Phi) is 5.88. The summed E-state index contributed by atoms with van der Waals surface area (Å²) in [7, 11) is 4.39. The molecule has 0 spiro atoms. The quantitative estimate of drug-likeness (QED) is 0.824. The highest BCUT2D eigenvalue weighted by Gasteiger charge is 2.18. The second-order valence-electron chi connectivity index (χ2n) is 3.64. The Bertz CT molecular complexity index is 450. The first-order valence-electron chi connectivity index (χ1n) is 5.52. The zero-order chi connectivity index (χ0) is 14.4. The van der Waals surface area contributed by atoms with Gasteiger partial charge in [-0.1, -0.05) is 11.6 Å². The highest BCUT2D eigenvalue weighted by atomic mass is 35.5. The van der Waals surface area contributed by atoms with Gasteiger partial charge in [-0.15, -0.1) is 0 Å². The average molecular weight is 289 g/mol. The number of carbonyl (C=O) groups is 1. The predicted molar refractivity (Wildman–Crippen MR) is 73.0 cm³/mol. The minimum Gasteiger partial charge on any atom is -0.495 e. The molecule has 0 aliphatic rings. The summed E-state index contributed by atoms with van der Waals surface area (Å²) in [4.78, 5) is 11.9. The van der Waals surface area contributed by atoms with E-state index in [9.17, 15) is 4.79 Å². The minimum atomic E-state index is -0.731. The lowest BCUT2D eigenvalue weighted by Crippen LogP contribution is -2.36. The number of ether oxygens (including phenoxy) is 3. The third-order valence-corrected chi connectivity index (χ3v) is 2.82. The van der Waals surface area contributed by atoms with Crippen LogP contribution in [-0.4, -0.2) is 39.9 Å². The smallest absolute Gasteiger partial charge is 0.254 e. The Balaban J connectivity index is 3.00. The number of hydrogen-bond donors (Lipinski definition) is 2. The number of amides is 1. The summed E-state index contributed by atoms with van der Waals surface area (Å²) in [6.07, 6.45) is -0.731. The molecule has 3 N–H and O–H groups in total. The summed E-state index contributed by atoms with van der Waals surface area (Å²) in [6.45, 7) is 0.0779. The topological polar surface area (TPSA) is 82.8 Å². The normalized spacial score (nSPS) is 11.8. The van der Waals surface area contributed by atoms with Gasteiger partial charge in [0, 0.05) is 19.7 Å². The van der Waals surface area contributed by atoms with E-state index in [-0.39, 0.29) is 12.5 Å². The Hall–Kier alpha value is -1.50. The molecule has 1 unspecified atom stereocenters. The monoisotopic (exact) mass is 288 g/mol. The fraction of sp³-hybridized carbons (Fsp3) is 0.417. The molecule has 1 rings (SSSR count). The average Bonchev–Trinajstić information content (AvgIpc) is 2.40. The molecule has 0 fully saturated rings. The molecule has 0 saturated carbocycles.